The summed E-state index contributed by atoms with van der Waals surface area (Å²) in [5, 5.41) is 10.7. The van der Waals surface area contributed by atoms with Gasteiger partial charge in [0.1, 0.15) is 12.2 Å². The van der Waals surface area contributed by atoms with Crippen LogP contribution in [0.15, 0.2) is 15.8 Å². The van der Waals surface area contributed by atoms with Crippen LogP contribution >= 0.6 is 0 Å². The van der Waals surface area contributed by atoms with Crippen molar-refractivity contribution in [3.8, 4) is 0 Å². The van der Waals surface area contributed by atoms with Gasteiger partial charge < -0.3 is 14.3 Å². The molecule has 0 saturated carbocycles. The normalized spacial score (nSPS) is 27.7. The number of hydrogen-bond acceptors (Lipinski definition) is 5. The summed E-state index contributed by atoms with van der Waals surface area (Å²) < 4.78 is 13.7. The summed E-state index contributed by atoms with van der Waals surface area (Å²) >= 11 is 0. The lowest BCUT2D eigenvalue weighted by atomic mass is 10.1. The molecule has 4 atom stereocenters. The van der Waals surface area contributed by atoms with Gasteiger partial charge in [0, 0.05) is 11.8 Å². The molecule has 8 heteroatoms. The molecule has 0 spiro atoms. The Morgan fingerprint density at radius 1 is 1.36 bits per heavy atom. The quantitative estimate of drug-likeness (QED) is 0.790. The third-order valence-corrected chi connectivity index (χ3v) is 9.85. The van der Waals surface area contributed by atoms with E-state index in [1.54, 1.807) is 6.92 Å². The van der Waals surface area contributed by atoms with Crippen LogP contribution in [-0.2, 0) is 9.16 Å². The smallest absolute Gasteiger partial charge is 0.330 e. The van der Waals surface area contributed by atoms with Gasteiger partial charge in [-0.25, -0.2) is 4.79 Å². The number of H-pyrrole nitrogens is 1. The fraction of sp³-hybridized carbons (Fsp3) is 0.765. The Morgan fingerprint density at radius 3 is 2.48 bits per heavy atom. The number of aliphatic hydroxyl groups is 1. The van der Waals surface area contributed by atoms with E-state index in [0.29, 0.717) is 12.0 Å². The Hall–Kier alpha value is -1.22. The van der Waals surface area contributed by atoms with Crippen LogP contribution in [0.2, 0.25) is 18.1 Å². The number of rotatable bonds is 4. The molecule has 0 aliphatic carbocycles. The van der Waals surface area contributed by atoms with Gasteiger partial charge in [-0.15, -0.1) is 0 Å². The lowest BCUT2D eigenvalue weighted by molar-refractivity contribution is -0.0374. The van der Waals surface area contributed by atoms with Gasteiger partial charge in [-0.3, -0.25) is 14.3 Å². The van der Waals surface area contributed by atoms with Crippen molar-refractivity contribution in [2.75, 3.05) is 0 Å². The SMILES string of the molecule is CC[C@H]1O[C@@H](n2cc(C)c(=O)[nH]c2=O)[C@@H](O[Si](C)(C)C(C)(C)C)C1O. The van der Waals surface area contributed by atoms with Gasteiger partial charge in [0.15, 0.2) is 14.5 Å². The molecule has 1 aliphatic rings. The molecule has 0 amide bonds. The van der Waals surface area contributed by atoms with E-state index in [0.717, 1.165) is 0 Å². The van der Waals surface area contributed by atoms with Gasteiger partial charge in [0.25, 0.3) is 5.56 Å². The molecular formula is C17H30N2O5Si. The summed E-state index contributed by atoms with van der Waals surface area (Å²) in [6, 6.07) is 0. The van der Waals surface area contributed by atoms with Gasteiger partial charge in [-0.1, -0.05) is 27.7 Å². The van der Waals surface area contributed by atoms with E-state index in [2.05, 4.69) is 38.8 Å². The first-order valence-corrected chi connectivity index (χ1v) is 11.6. The molecule has 142 valence electrons. The number of ether oxygens (including phenoxy) is 1. The summed E-state index contributed by atoms with van der Waals surface area (Å²) in [7, 11) is -2.20. The zero-order valence-corrected chi connectivity index (χ0v) is 17.1. The number of nitrogens with zero attached hydrogens (tertiary/aromatic N) is 1. The predicted octanol–water partition coefficient (Wildman–Crippen LogP) is 1.90. The van der Waals surface area contributed by atoms with Gasteiger partial charge >= 0.3 is 5.69 Å². The molecule has 0 aromatic carbocycles. The number of nitrogens with one attached hydrogen (secondary N) is 1. The predicted molar refractivity (Wildman–Crippen MR) is 98.3 cm³/mol. The van der Waals surface area contributed by atoms with E-state index in [9.17, 15) is 14.7 Å². The van der Waals surface area contributed by atoms with Crippen LogP contribution in [0.25, 0.3) is 0 Å². The fourth-order valence-corrected chi connectivity index (χ4v) is 3.99. The van der Waals surface area contributed by atoms with E-state index in [4.69, 9.17) is 9.16 Å². The van der Waals surface area contributed by atoms with Crippen molar-refractivity contribution in [1.82, 2.24) is 9.55 Å². The maximum Gasteiger partial charge on any atom is 0.330 e. The second-order valence-electron chi connectivity index (χ2n) is 8.29. The summed E-state index contributed by atoms with van der Waals surface area (Å²) in [4.78, 5) is 26.2. The summed E-state index contributed by atoms with van der Waals surface area (Å²) in [6.07, 6.45) is -0.599. The summed E-state index contributed by atoms with van der Waals surface area (Å²) in [5.41, 5.74) is -0.578. The summed E-state index contributed by atoms with van der Waals surface area (Å²) in [5.74, 6) is 0. The van der Waals surface area contributed by atoms with Crippen molar-refractivity contribution >= 4 is 8.32 Å². The average Bonchev–Trinajstić information content (AvgIpc) is 2.78. The molecule has 2 heterocycles. The van der Waals surface area contributed by atoms with Crippen molar-refractivity contribution in [1.29, 1.82) is 0 Å². The van der Waals surface area contributed by atoms with Crippen molar-refractivity contribution in [3.05, 3.63) is 32.6 Å². The Morgan fingerprint density at radius 2 is 1.96 bits per heavy atom. The second kappa shape index (κ2) is 6.83. The maximum atomic E-state index is 12.3. The molecule has 0 bridgehead atoms. The maximum absolute atomic E-state index is 12.3. The van der Waals surface area contributed by atoms with Crippen LogP contribution in [-0.4, -0.2) is 41.3 Å². The van der Waals surface area contributed by atoms with Gasteiger partial charge in [0.2, 0.25) is 0 Å². The minimum Gasteiger partial charge on any atom is -0.407 e. The van der Waals surface area contributed by atoms with Gasteiger partial charge in [-0.2, -0.15) is 0 Å². The minimum absolute atomic E-state index is 0.0482. The summed E-state index contributed by atoms with van der Waals surface area (Å²) in [6.45, 7) is 14.1. The molecule has 0 radical (unpaired) electrons. The van der Waals surface area contributed by atoms with Gasteiger partial charge in [-0.05, 0) is 31.5 Å². The Bertz CT molecular complexity index is 734. The highest BCUT2D eigenvalue weighted by atomic mass is 28.4. The van der Waals surface area contributed by atoms with Crippen molar-refractivity contribution < 1.29 is 14.3 Å². The number of aliphatic hydroxyl groups excluding tert-OH is 1. The zero-order chi connectivity index (χ0) is 19.2. The standard InChI is InChI=1S/C17H30N2O5Si/c1-8-11-12(20)13(24-25(6,7)17(3,4)5)15(23-11)19-9-10(2)14(21)18-16(19)22/h9,11-13,15,20H,8H2,1-7H3,(H,18,21,22)/t11-,12?,13+,15-/m1/s1. The molecule has 1 aromatic rings. The molecule has 25 heavy (non-hydrogen) atoms. The average molecular weight is 371 g/mol. The van der Waals surface area contributed by atoms with Crippen molar-refractivity contribution in [2.45, 2.75) is 83.7 Å². The molecule has 1 fully saturated rings. The minimum atomic E-state index is -2.20. The molecule has 1 aliphatic heterocycles. The van der Waals surface area contributed by atoms with E-state index in [1.165, 1.54) is 10.8 Å². The molecular weight excluding hydrogens is 340 g/mol. The Kier molecular flexibility index (Phi) is 5.49. The van der Waals surface area contributed by atoms with Crippen LogP contribution in [0.4, 0.5) is 0 Å². The van der Waals surface area contributed by atoms with E-state index >= 15 is 0 Å². The Balaban J connectivity index is 2.46. The first-order valence-electron chi connectivity index (χ1n) is 8.72. The first kappa shape index (κ1) is 20.1. The van der Waals surface area contributed by atoms with E-state index in [1.807, 2.05) is 6.92 Å². The van der Waals surface area contributed by atoms with Crippen LogP contribution in [0.5, 0.6) is 0 Å². The molecule has 1 saturated heterocycles. The van der Waals surface area contributed by atoms with Crippen molar-refractivity contribution in [2.24, 2.45) is 0 Å². The largest absolute Gasteiger partial charge is 0.407 e. The monoisotopic (exact) mass is 370 g/mol. The highest BCUT2D eigenvalue weighted by Crippen LogP contribution is 2.41. The zero-order valence-electron chi connectivity index (χ0n) is 16.1. The lowest BCUT2D eigenvalue weighted by Gasteiger charge is -2.40. The number of aryl methyl sites for hydroxylation is 1. The first-order chi connectivity index (χ1) is 11.4. The lowest BCUT2D eigenvalue weighted by Crippen LogP contribution is -2.49. The molecule has 2 N–H and O–H groups in total. The van der Waals surface area contributed by atoms with Crippen LogP contribution in [0, 0.1) is 6.92 Å². The molecule has 1 unspecified atom stereocenters. The van der Waals surface area contributed by atoms with Crippen LogP contribution < -0.4 is 11.2 Å². The number of aromatic nitrogens is 2. The second-order valence-corrected chi connectivity index (χ2v) is 13.0. The topological polar surface area (TPSA) is 93.6 Å². The fourth-order valence-electron chi connectivity index (χ4n) is 2.70. The molecule has 2 rings (SSSR count). The van der Waals surface area contributed by atoms with Crippen LogP contribution in [0.3, 0.4) is 0 Å². The third kappa shape index (κ3) is 3.81. The molecule has 7 nitrogen and oxygen atoms in total. The number of hydrogen-bond donors (Lipinski definition) is 2. The third-order valence-electron chi connectivity index (χ3n) is 5.37. The highest BCUT2D eigenvalue weighted by molar-refractivity contribution is 6.74. The number of aromatic amines is 1. The van der Waals surface area contributed by atoms with Gasteiger partial charge in [0.05, 0.1) is 6.10 Å². The highest BCUT2D eigenvalue weighted by Gasteiger charge is 2.50. The van der Waals surface area contributed by atoms with Crippen molar-refractivity contribution in [3.63, 3.8) is 0 Å². The van der Waals surface area contributed by atoms with Crippen LogP contribution in [0.1, 0.15) is 45.9 Å². The van der Waals surface area contributed by atoms with E-state index in [-0.39, 0.29) is 5.04 Å². The van der Waals surface area contributed by atoms with E-state index < -0.39 is 44.1 Å². The molecule has 1 aromatic heterocycles. The Labute approximate surface area is 149 Å².